The van der Waals surface area contributed by atoms with Crippen LogP contribution in [0.25, 0.3) is 0 Å². The minimum Gasteiger partial charge on any atom is -0.335 e. The minimum atomic E-state index is 0.495. The van der Waals surface area contributed by atoms with E-state index in [1.54, 1.807) is 0 Å². The lowest BCUT2D eigenvalue weighted by atomic mass is 9.94. The molecule has 1 aliphatic carbocycles. The normalized spacial score (nSPS) is 16.3. The number of hydrogen-bond acceptors (Lipinski definition) is 2. The zero-order valence-corrected chi connectivity index (χ0v) is 12.3. The van der Waals surface area contributed by atoms with Crippen molar-refractivity contribution in [3.63, 3.8) is 0 Å². The number of nitrogens with one attached hydrogen (secondary N) is 1. The third-order valence-corrected chi connectivity index (χ3v) is 4.57. The Morgan fingerprint density at radius 3 is 2.60 bits per heavy atom. The first-order valence-electron chi connectivity index (χ1n) is 7.56. The summed E-state index contributed by atoms with van der Waals surface area (Å²) in [6, 6.07) is 9.35. The second-order valence-corrected chi connectivity index (χ2v) is 5.67. The van der Waals surface area contributed by atoms with Gasteiger partial charge in [-0.05, 0) is 43.9 Å². The van der Waals surface area contributed by atoms with Crippen LogP contribution in [-0.4, -0.2) is 22.6 Å². The van der Waals surface area contributed by atoms with E-state index in [0.29, 0.717) is 12.0 Å². The molecule has 1 aromatic heterocycles. The number of rotatable bonds is 5. The summed E-state index contributed by atoms with van der Waals surface area (Å²) in [5.41, 5.74) is 3.05. The van der Waals surface area contributed by atoms with Crippen LogP contribution in [0.1, 0.15) is 23.9 Å². The molecule has 0 radical (unpaired) electrons. The van der Waals surface area contributed by atoms with E-state index < -0.39 is 0 Å². The van der Waals surface area contributed by atoms with Crippen LogP contribution >= 0.6 is 0 Å². The molecule has 20 heavy (non-hydrogen) atoms. The maximum Gasteiger partial charge on any atom is 0.110 e. The molecule has 1 unspecified atom stereocenters. The van der Waals surface area contributed by atoms with Crippen LogP contribution in [0.5, 0.6) is 0 Å². The van der Waals surface area contributed by atoms with Gasteiger partial charge in [-0.2, -0.15) is 0 Å². The highest BCUT2D eigenvalue weighted by Crippen LogP contribution is 2.29. The molecule has 1 N–H and O–H groups in total. The number of aryl methyl sites for hydroxylation is 1. The highest BCUT2D eigenvalue weighted by atomic mass is 15.1. The van der Waals surface area contributed by atoms with E-state index in [4.69, 9.17) is 0 Å². The fourth-order valence-electron chi connectivity index (χ4n) is 3.40. The summed E-state index contributed by atoms with van der Waals surface area (Å²) in [5, 5.41) is 3.52. The molecule has 1 aliphatic rings. The van der Waals surface area contributed by atoms with Gasteiger partial charge < -0.3 is 9.88 Å². The molecular formula is C17H23N3. The minimum absolute atomic E-state index is 0.495. The van der Waals surface area contributed by atoms with Crippen LogP contribution in [-0.2, 0) is 25.8 Å². The van der Waals surface area contributed by atoms with Crippen molar-refractivity contribution in [2.45, 2.75) is 38.8 Å². The first-order chi connectivity index (χ1) is 9.81. The van der Waals surface area contributed by atoms with Crippen LogP contribution in [0, 0.1) is 5.92 Å². The Balaban J connectivity index is 1.73. The molecule has 3 nitrogen and oxygen atoms in total. The van der Waals surface area contributed by atoms with Crippen molar-refractivity contribution in [3.05, 3.63) is 53.6 Å². The second-order valence-electron chi connectivity index (χ2n) is 5.67. The average molecular weight is 269 g/mol. The van der Waals surface area contributed by atoms with Gasteiger partial charge in [0.1, 0.15) is 5.82 Å². The molecule has 1 heterocycles. The van der Waals surface area contributed by atoms with Gasteiger partial charge in [0.05, 0.1) is 0 Å². The van der Waals surface area contributed by atoms with E-state index in [2.05, 4.69) is 59.3 Å². The van der Waals surface area contributed by atoms with E-state index in [0.717, 1.165) is 13.0 Å². The summed E-state index contributed by atoms with van der Waals surface area (Å²) >= 11 is 0. The molecule has 0 amide bonds. The number of hydrogen-bond donors (Lipinski definition) is 1. The maximum absolute atomic E-state index is 4.52. The Kier molecular flexibility index (Phi) is 3.88. The smallest absolute Gasteiger partial charge is 0.110 e. The van der Waals surface area contributed by atoms with Gasteiger partial charge >= 0.3 is 0 Å². The number of nitrogens with zero attached hydrogens (tertiary/aromatic N) is 2. The number of likely N-dealkylation sites (N-methyl/N-ethyl adjacent to an activating group) is 1. The lowest BCUT2D eigenvalue weighted by molar-refractivity contribution is 0.374. The SMILES string of the molecule is CCn1ccnc1CC(NC)C1Cc2ccccc2C1. The Bertz CT molecular complexity index is 548. The van der Waals surface area contributed by atoms with Gasteiger partial charge in [0, 0.05) is 31.4 Å². The fourth-order valence-corrected chi connectivity index (χ4v) is 3.40. The van der Waals surface area contributed by atoms with Crippen LogP contribution in [0.2, 0.25) is 0 Å². The average Bonchev–Trinajstić information content (AvgIpc) is 3.10. The fraction of sp³-hybridized carbons (Fsp3) is 0.471. The quantitative estimate of drug-likeness (QED) is 0.903. The molecule has 0 aliphatic heterocycles. The zero-order valence-electron chi connectivity index (χ0n) is 12.3. The number of fused-ring (bicyclic) bond motifs is 1. The first kappa shape index (κ1) is 13.4. The summed E-state index contributed by atoms with van der Waals surface area (Å²) in [5.74, 6) is 1.88. The lowest BCUT2D eigenvalue weighted by Crippen LogP contribution is -2.37. The molecule has 3 heteroatoms. The standard InChI is InChI=1S/C17H23N3/c1-3-20-9-8-19-17(20)12-16(18-2)15-10-13-6-4-5-7-14(13)11-15/h4-9,15-16,18H,3,10-12H2,1-2H3. The van der Waals surface area contributed by atoms with Gasteiger partial charge in [-0.15, -0.1) is 0 Å². The molecular weight excluding hydrogens is 246 g/mol. The molecule has 0 saturated carbocycles. The maximum atomic E-state index is 4.52. The van der Waals surface area contributed by atoms with Gasteiger partial charge in [-0.3, -0.25) is 0 Å². The van der Waals surface area contributed by atoms with E-state index in [-0.39, 0.29) is 0 Å². The van der Waals surface area contributed by atoms with E-state index in [9.17, 15) is 0 Å². The van der Waals surface area contributed by atoms with E-state index in [1.165, 1.54) is 29.8 Å². The molecule has 0 bridgehead atoms. The Labute approximate surface area is 121 Å². The summed E-state index contributed by atoms with van der Waals surface area (Å²) in [6.45, 7) is 3.17. The van der Waals surface area contributed by atoms with Crippen LogP contribution in [0.15, 0.2) is 36.7 Å². The zero-order chi connectivity index (χ0) is 13.9. The van der Waals surface area contributed by atoms with E-state index in [1.807, 2.05) is 6.20 Å². The van der Waals surface area contributed by atoms with Crippen molar-refractivity contribution in [2.24, 2.45) is 5.92 Å². The third-order valence-electron chi connectivity index (χ3n) is 4.57. The molecule has 106 valence electrons. The molecule has 0 fully saturated rings. The van der Waals surface area contributed by atoms with Crippen molar-refractivity contribution < 1.29 is 0 Å². The van der Waals surface area contributed by atoms with Crippen molar-refractivity contribution in [1.29, 1.82) is 0 Å². The second kappa shape index (κ2) is 5.80. The molecule has 1 aromatic carbocycles. The molecule has 0 saturated heterocycles. The molecule has 2 aromatic rings. The number of aromatic nitrogens is 2. The Morgan fingerprint density at radius 1 is 1.30 bits per heavy atom. The number of benzene rings is 1. The number of imidazole rings is 1. The van der Waals surface area contributed by atoms with E-state index >= 15 is 0 Å². The first-order valence-corrected chi connectivity index (χ1v) is 7.56. The molecule has 0 spiro atoms. The molecule has 1 atom stereocenters. The summed E-state index contributed by atoms with van der Waals surface area (Å²) in [4.78, 5) is 4.52. The van der Waals surface area contributed by atoms with Crippen molar-refractivity contribution >= 4 is 0 Å². The Hall–Kier alpha value is -1.61. The van der Waals surface area contributed by atoms with Crippen molar-refractivity contribution in [1.82, 2.24) is 14.9 Å². The lowest BCUT2D eigenvalue weighted by Gasteiger charge is -2.23. The summed E-state index contributed by atoms with van der Waals surface area (Å²) < 4.78 is 2.24. The van der Waals surface area contributed by atoms with Gasteiger partial charge in [-0.25, -0.2) is 4.98 Å². The van der Waals surface area contributed by atoms with Gasteiger partial charge in [0.25, 0.3) is 0 Å². The van der Waals surface area contributed by atoms with Crippen molar-refractivity contribution in [3.8, 4) is 0 Å². The topological polar surface area (TPSA) is 29.9 Å². The highest BCUT2D eigenvalue weighted by molar-refractivity contribution is 5.32. The van der Waals surface area contributed by atoms with Gasteiger partial charge in [-0.1, -0.05) is 24.3 Å². The van der Waals surface area contributed by atoms with Crippen LogP contribution < -0.4 is 5.32 Å². The van der Waals surface area contributed by atoms with Crippen LogP contribution in [0.4, 0.5) is 0 Å². The molecule has 3 rings (SSSR count). The third kappa shape index (κ3) is 2.50. The predicted molar refractivity (Wildman–Crippen MR) is 81.8 cm³/mol. The van der Waals surface area contributed by atoms with Crippen molar-refractivity contribution in [2.75, 3.05) is 7.05 Å². The highest BCUT2D eigenvalue weighted by Gasteiger charge is 2.28. The monoisotopic (exact) mass is 269 g/mol. The Morgan fingerprint density at radius 2 is 2.00 bits per heavy atom. The van der Waals surface area contributed by atoms with Gasteiger partial charge in [0.2, 0.25) is 0 Å². The van der Waals surface area contributed by atoms with Crippen LogP contribution in [0.3, 0.4) is 0 Å². The summed E-state index contributed by atoms with van der Waals surface area (Å²) in [7, 11) is 2.08. The largest absolute Gasteiger partial charge is 0.335 e. The predicted octanol–water partition coefficient (Wildman–Crippen LogP) is 2.45. The van der Waals surface area contributed by atoms with Gasteiger partial charge in [0.15, 0.2) is 0 Å². The summed E-state index contributed by atoms with van der Waals surface area (Å²) in [6.07, 6.45) is 7.37.